The highest BCUT2D eigenvalue weighted by atomic mass is 16.6. The summed E-state index contributed by atoms with van der Waals surface area (Å²) < 4.78 is 11.0. The lowest BCUT2D eigenvalue weighted by Crippen LogP contribution is -2.44. The molecule has 0 spiro atoms. The molecule has 1 aliphatic rings. The topological polar surface area (TPSA) is 76.8 Å². The molecule has 176 valence electrons. The molecule has 0 N–H and O–H groups in total. The number of amides is 1. The number of ketones is 1. The van der Waals surface area contributed by atoms with E-state index in [4.69, 9.17) is 9.15 Å². The number of nitrogens with zero attached hydrogens (tertiary/aromatic N) is 1. The zero-order valence-corrected chi connectivity index (χ0v) is 19.5. The van der Waals surface area contributed by atoms with E-state index in [1.165, 1.54) is 18.6 Å². The van der Waals surface area contributed by atoms with Gasteiger partial charge in [0.15, 0.2) is 11.9 Å². The van der Waals surface area contributed by atoms with E-state index in [-0.39, 0.29) is 17.5 Å². The Labute approximate surface area is 199 Å². The zero-order chi connectivity index (χ0) is 24.1. The fourth-order valence-electron chi connectivity index (χ4n) is 4.30. The molecule has 6 nitrogen and oxygen atoms in total. The van der Waals surface area contributed by atoms with Crippen molar-refractivity contribution in [1.82, 2.24) is 4.90 Å². The summed E-state index contributed by atoms with van der Waals surface area (Å²) >= 11 is 0. The number of piperidine rings is 1. The highest BCUT2D eigenvalue weighted by Crippen LogP contribution is 2.25. The van der Waals surface area contributed by atoms with E-state index >= 15 is 0 Å². The lowest BCUT2D eigenvalue weighted by molar-refractivity contribution is -0.141. The van der Waals surface area contributed by atoms with Crippen LogP contribution in [-0.4, -0.2) is 41.8 Å². The van der Waals surface area contributed by atoms with Gasteiger partial charge in [0.05, 0.1) is 0 Å². The number of benzene rings is 2. The summed E-state index contributed by atoms with van der Waals surface area (Å²) in [6.45, 7) is 4.44. The molecule has 1 atom stereocenters. The molecular formula is C28H29NO5. The predicted octanol–water partition coefficient (Wildman–Crippen LogP) is 5.18. The van der Waals surface area contributed by atoms with E-state index in [1.54, 1.807) is 42.2 Å². The Morgan fingerprint density at radius 2 is 1.65 bits per heavy atom. The van der Waals surface area contributed by atoms with Crippen LogP contribution >= 0.6 is 0 Å². The highest BCUT2D eigenvalue weighted by molar-refractivity contribution is 5.94. The second-order valence-corrected chi connectivity index (χ2v) is 8.80. The largest absolute Gasteiger partial charge is 0.449 e. The minimum Gasteiger partial charge on any atom is -0.449 e. The summed E-state index contributed by atoms with van der Waals surface area (Å²) in [5.74, 6) is 0.197. The average molecular weight is 460 g/mol. The minimum atomic E-state index is -0.887. The fourth-order valence-corrected chi connectivity index (χ4v) is 4.30. The average Bonchev–Trinajstić information content (AvgIpc) is 3.35. The van der Waals surface area contributed by atoms with Crippen molar-refractivity contribution in [1.29, 1.82) is 0 Å². The standard InChI is InChI=1S/C28H29NO5/c1-19(30)23-8-10-24(11-9-23)25-12-13-26(34-25)28(32)33-20(2)27(31)29-16-14-22(15-17-29)18-21-6-4-3-5-7-21/h3-13,20,22H,14-18H2,1-2H3. The number of Topliss-reactive ketones (excluding diaryl/α,β-unsaturated/α-hetero) is 1. The van der Waals surface area contributed by atoms with Crippen LogP contribution < -0.4 is 0 Å². The molecule has 1 aliphatic heterocycles. The highest BCUT2D eigenvalue weighted by Gasteiger charge is 2.29. The molecule has 34 heavy (non-hydrogen) atoms. The molecule has 2 heterocycles. The van der Waals surface area contributed by atoms with Gasteiger partial charge in [-0.3, -0.25) is 9.59 Å². The Kier molecular flexibility index (Phi) is 7.26. The molecule has 0 saturated carbocycles. The summed E-state index contributed by atoms with van der Waals surface area (Å²) in [6, 6.07) is 20.5. The third-order valence-corrected chi connectivity index (χ3v) is 6.31. The van der Waals surface area contributed by atoms with Crippen molar-refractivity contribution in [3.63, 3.8) is 0 Å². The predicted molar refractivity (Wildman–Crippen MR) is 128 cm³/mol. The number of likely N-dealkylation sites (tertiary alicyclic amines) is 1. The third kappa shape index (κ3) is 5.63. The van der Waals surface area contributed by atoms with Gasteiger partial charge in [0.25, 0.3) is 5.91 Å². The number of esters is 1. The van der Waals surface area contributed by atoms with Crippen LogP contribution in [0.1, 0.15) is 53.2 Å². The lowest BCUT2D eigenvalue weighted by atomic mass is 9.90. The van der Waals surface area contributed by atoms with Crippen molar-refractivity contribution in [2.75, 3.05) is 13.1 Å². The summed E-state index contributed by atoms with van der Waals surface area (Å²) in [7, 11) is 0. The number of carbonyl (C=O) groups is 3. The van der Waals surface area contributed by atoms with E-state index in [0.29, 0.717) is 30.3 Å². The van der Waals surface area contributed by atoms with Gasteiger partial charge in [-0.25, -0.2) is 4.79 Å². The Bertz CT molecular complexity index is 1140. The lowest BCUT2D eigenvalue weighted by Gasteiger charge is -2.33. The molecule has 1 aromatic heterocycles. The summed E-state index contributed by atoms with van der Waals surface area (Å²) in [4.78, 5) is 38.6. The van der Waals surface area contributed by atoms with Gasteiger partial charge in [0.2, 0.25) is 5.76 Å². The van der Waals surface area contributed by atoms with Crippen LogP contribution in [0, 0.1) is 5.92 Å². The maximum absolute atomic E-state index is 12.8. The first-order valence-corrected chi connectivity index (χ1v) is 11.7. The second-order valence-electron chi connectivity index (χ2n) is 8.80. The first kappa shape index (κ1) is 23.5. The molecule has 2 aromatic carbocycles. The van der Waals surface area contributed by atoms with Gasteiger partial charge in [0, 0.05) is 24.2 Å². The number of rotatable bonds is 7. The third-order valence-electron chi connectivity index (χ3n) is 6.31. The Hall–Kier alpha value is -3.67. The van der Waals surface area contributed by atoms with Crippen LogP contribution in [0.5, 0.6) is 0 Å². The monoisotopic (exact) mass is 459 g/mol. The quantitative estimate of drug-likeness (QED) is 0.360. The van der Waals surface area contributed by atoms with Gasteiger partial charge in [-0.15, -0.1) is 0 Å². The molecule has 1 fully saturated rings. The first-order chi connectivity index (χ1) is 16.4. The Balaban J connectivity index is 1.29. The number of hydrogen-bond acceptors (Lipinski definition) is 5. The van der Waals surface area contributed by atoms with Crippen molar-refractivity contribution >= 4 is 17.7 Å². The molecule has 3 aromatic rings. The smallest absolute Gasteiger partial charge is 0.375 e. The maximum atomic E-state index is 12.8. The number of ether oxygens (including phenoxy) is 1. The zero-order valence-electron chi connectivity index (χ0n) is 19.5. The summed E-state index contributed by atoms with van der Waals surface area (Å²) in [6.07, 6.45) is 2.00. The number of carbonyl (C=O) groups excluding carboxylic acids is 3. The van der Waals surface area contributed by atoms with Crippen LogP contribution in [0.4, 0.5) is 0 Å². The van der Waals surface area contributed by atoms with Crippen LogP contribution in [0.15, 0.2) is 71.1 Å². The van der Waals surface area contributed by atoms with Gasteiger partial charge < -0.3 is 14.1 Å². The number of hydrogen-bond donors (Lipinski definition) is 0. The van der Waals surface area contributed by atoms with Crippen LogP contribution in [-0.2, 0) is 16.0 Å². The van der Waals surface area contributed by atoms with E-state index < -0.39 is 12.1 Å². The van der Waals surface area contributed by atoms with E-state index in [0.717, 1.165) is 24.8 Å². The van der Waals surface area contributed by atoms with E-state index in [2.05, 4.69) is 24.3 Å². The normalized spacial score (nSPS) is 15.1. The number of furan rings is 1. The summed E-state index contributed by atoms with van der Waals surface area (Å²) in [5.41, 5.74) is 2.67. The Morgan fingerprint density at radius 3 is 2.29 bits per heavy atom. The molecule has 1 saturated heterocycles. The van der Waals surface area contributed by atoms with Crippen LogP contribution in [0.2, 0.25) is 0 Å². The van der Waals surface area contributed by atoms with Crippen molar-refractivity contribution in [3.05, 3.63) is 83.6 Å². The SMILES string of the molecule is CC(=O)c1ccc(-c2ccc(C(=O)OC(C)C(=O)N3CCC(Cc4ccccc4)CC3)o2)cc1. The van der Waals surface area contributed by atoms with Crippen LogP contribution in [0.25, 0.3) is 11.3 Å². The molecule has 1 amide bonds. The molecular weight excluding hydrogens is 430 g/mol. The second kappa shape index (κ2) is 10.5. The first-order valence-electron chi connectivity index (χ1n) is 11.7. The maximum Gasteiger partial charge on any atom is 0.375 e. The van der Waals surface area contributed by atoms with E-state index in [9.17, 15) is 14.4 Å². The van der Waals surface area contributed by atoms with Crippen molar-refractivity contribution in [2.24, 2.45) is 5.92 Å². The van der Waals surface area contributed by atoms with Gasteiger partial charge in [-0.2, -0.15) is 0 Å². The van der Waals surface area contributed by atoms with Gasteiger partial charge >= 0.3 is 5.97 Å². The fraction of sp³-hybridized carbons (Fsp3) is 0.321. The van der Waals surface area contributed by atoms with E-state index in [1.807, 2.05) is 6.07 Å². The molecule has 0 radical (unpaired) electrons. The summed E-state index contributed by atoms with van der Waals surface area (Å²) in [5, 5.41) is 0. The Morgan fingerprint density at radius 1 is 0.971 bits per heavy atom. The van der Waals surface area contributed by atoms with Gasteiger partial charge in [0.1, 0.15) is 5.76 Å². The van der Waals surface area contributed by atoms with Crippen molar-refractivity contribution < 1.29 is 23.5 Å². The van der Waals surface area contributed by atoms with Crippen molar-refractivity contribution in [3.8, 4) is 11.3 Å². The van der Waals surface area contributed by atoms with Gasteiger partial charge in [-0.1, -0.05) is 54.6 Å². The van der Waals surface area contributed by atoms with Crippen molar-refractivity contribution in [2.45, 2.75) is 39.2 Å². The molecule has 1 unspecified atom stereocenters. The van der Waals surface area contributed by atoms with Crippen LogP contribution in [0.3, 0.4) is 0 Å². The molecule has 4 rings (SSSR count). The minimum absolute atomic E-state index is 0.0191. The molecule has 6 heteroatoms. The van der Waals surface area contributed by atoms with Gasteiger partial charge in [-0.05, 0) is 56.7 Å². The molecule has 0 aliphatic carbocycles. The molecule has 0 bridgehead atoms.